The van der Waals surface area contributed by atoms with E-state index in [-0.39, 0.29) is 0 Å². The molecule has 1 aromatic carbocycles. The molecule has 0 amide bonds. The van der Waals surface area contributed by atoms with Crippen molar-refractivity contribution in [1.29, 1.82) is 0 Å². The average molecular weight is 225 g/mol. The molecule has 0 nitrogen and oxygen atoms in total. The van der Waals surface area contributed by atoms with Crippen LogP contribution in [0, 0.1) is 0 Å². The van der Waals surface area contributed by atoms with E-state index in [9.17, 15) is 0 Å². The standard InChI is InChI=1S/C12H10Cl2/c13-11-6-4-9(5-7-11)10-2-1-3-12(14)8-10/h2-7H,1,8H2. The van der Waals surface area contributed by atoms with Crippen LogP contribution >= 0.6 is 23.2 Å². The molecule has 0 heterocycles. The maximum Gasteiger partial charge on any atom is 0.0406 e. The van der Waals surface area contributed by atoms with Crippen LogP contribution in [0.4, 0.5) is 0 Å². The van der Waals surface area contributed by atoms with Crippen LogP contribution in [0.2, 0.25) is 5.02 Å². The van der Waals surface area contributed by atoms with E-state index in [4.69, 9.17) is 23.2 Å². The minimum atomic E-state index is 0.770. The smallest absolute Gasteiger partial charge is 0.0406 e. The largest absolute Gasteiger partial charge is 0.0891 e. The molecule has 2 rings (SSSR count). The third-order valence-electron chi connectivity index (χ3n) is 2.28. The van der Waals surface area contributed by atoms with Crippen LogP contribution < -0.4 is 0 Å². The summed E-state index contributed by atoms with van der Waals surface area (Å²) in [6.07, 6.45) is 6.01. The van der Waals surface area contributed by atoms with E-state index in [0.717, 1.165) is 22.9 Å². The molecule has 2 heteroatoms. The zero-order chi connectivity index (χ0) is 9.97. The van der Waals surface area contributed by atoms with Crippen LogP contribution in [-0.2, 0) is 0 Å². The van der Waals surface area contributed by atoms with Crippen molar-refractivity contribution in [2.75, 3.05) is 0 Å². The fourth-order valence-corrected chi connectivity index (χ4v) is 1.90. The van der Waals surface area contributed by atoms with Crippen LogP contribution in [0.3, 0.4) is 0 Å². The summed E-state index contributed by atoms with van der Waals surface area (Å²) in [5.74, 6) is 0. The third-order valence-corrected chi connectivity index (χ3v) is 2.82. The molecule has 14 heavy (non-hydrogen) atoms. The Kier molecular flexibility index (Phi) is 2.95. The van der Waals surface area contributed by atoms with Gasteiger partial charge in [-0.3, -0.25) is 0 Å². The van der Waals surface area contributed by atoms with Gasteiger partial charge < -0.3 is 0 Å². The molecule has 0 bridgehead atoms. The molecule has 1 aliphatic carbocycles. The number of benzene rings is 1. The lowest BCUT2D eigenvalue weighted by atomic mass is 9.98. The molecule has 0 saturated carbocycles. The van der Waals surface area contributed by atoms with Gasteiger partial charge in [0.1, 0.15) is 0 Å². The molecule has 0 aliphatic heterocycles. The van der Waals surface area contributed by atoms with Crippen LogP contribution in [0.5, 0.6) is 0 Å². The highest BCUT2D eigenvalue weighted by Crippen LogP contribution is 2.29. The zero-order valence-corrected chi connectivity index (χ0v) is 9.15. The first-order chi connectivity index (χ1) is 6.75. The minimum Gasteiger partial charge on any atom is -0.0891 e. The van der Waals surface area contributed by atoms with Gasteiger partial charge in [0.05, 0.1) is 0 Å². The number of hydrogen-bond acceptors (Lipinski definition) is 0. The number of allylic oxidation sites excluding steroid dienone is 4. The topological polar surface area (TPSA) is 0 Å². The van der Waals surface area contributed by atoms with Crippen molar-refractivity contribution in [1.82, 2.24) is 0 Å². The van der Waals surface area contributed by atoms with E-state index in [0.29, 0.717) is 0 Å². The van der Waals surface area contributed by atoms with Gasteiger partial charge in [-0.2, -0.15) is 0 Å². The predicted octanol–water partition coefficient (Wildman–Crippen LogP) is 4.64. The van der Waals surface area contributed by atoms with E-state index < -0.39 is 0 Å². The molecule has 0 aromatic heterocycles. The fraction of sp³-hybridized carbons (Fsp3) is 0.167. The predicted molar refractivity (Wildman–Crippen MR) is 62.6 cm³/mol. The lowest BCUT2D eigenvalue weighted by Crippen LogP contribution is -1.89. The van der Waals surface area contributed by atoms with Gasteiger partial charge in [-0.1, -0.05) is 47.5 Å². The number of hydrogen-bond donors (Lipinski definition) is 0. The molecule has 0 atom stereocenters. The molecule has 1 aromatic rings. The summed E-state index contributed by atoms with van der Waals surface area (Å²) >= 11 is 11.8. The van der Waals surface area contributed by atoms with Crippen molar-refractivity contribution in [3.8, 4) is 0 Å². The Bertz CT molecular complexity index is 385. The second-order valence-electron chi connectivity index (χ2n) is 3.30. The quantitative estimate of drug-likeness (QED) is 0.653. The molecule has 0 N–H and O–H groups in total. The summed E-state index contributed by atoms with van der Waals surface area (Å²) in [6, 6.07) is 7.88. The second-order valence-corrected chi connectivity index (χ2v) is 4.22. The molecule has 0 spiro atoms. The van der Waals surface area contributed by atoms with Crippen LogP contribution in [-0.4, -0.2) is 0 Å². The van der Waals surface area contributed by atoms with E-state index in [1.807, 2.05) is 30.3 Å². The number of halogens is 2. The third kappa shape index (κ3) is 2.20. The minimum absolute atomic E-state index is 0.770. The number of rotatable bonds is 1. The Morgan fingerprint density at radius 1 is 0.929 bits per heavy atom. The lowest BCUT2D eigenvalue weighted by Gasteiger charge is -2.11. The first kappa shape index (κ1) is 9.82. The normalized spacial score (nSPS) is 16.1. The van der Waals surface area contributed by atoms with Gasteiger partial charge in [0.2, 0.25) is 0 Å². The molecule has 1 aliphatic rings. The zero-order valence-electron chi connectivity index (χ0n) is 7.63. The van der Waals surface area contributed by atoms with Crippen LogP contribution in [0.1, 0.15) is 18.4 Å². The Morgan fingerprint density at radius 3 is 2.29 bits per heavy atom. The summed E-state index contributed by atoms with van der Waals surface area (Å²) in [4.78, 5) is 0. The Labute approximate surface area is 93.8 Å². The average Bonchev–Trinajstić information content (AvgIpc) is 2.19. The van der Waals surface area contributed by atoms with Gasteiger partial charge in [0, 0.05) is 16.5 Å². The van der Waals surface area contributed by atoms with Crippen molar-refractivity contribution in [2.45, 2.75) is 12.8 Å². The van der Waals surface area contributed by atoms with E-state index in [1.165, 1.54) is 11.1 Å². The van der Waals surface area contributed by atoms with Gasteiger partial charge in [0.25, 0.3) is 0 Å². The van der Waals surface area contributed by atoms with Gasteiger partial charge in [0.15, 0.2) is 0 Å². The highest BCUT2D eigenvalue weighted by molar-refractivity contribution is 6.31. The fourth-order valence-electron chi connectivity index (χ4n) is 1.54. The molecule has 0 radical (unpaired) electrons. The summed E-state index contributed by atoms with van der Waals surface area (Å²) in [5, 5.41) is 1.70. The monoisotopic (exact) mass is 224 g/mol. The van der Waals surface area contributed by atoms with Gasteiger partial charge >= 0.3 is 0 Å². The van der Waals surface area contributed by atoms with Gasteiger partial charge in [-0.25, -0.2) is 0 Å². The second kappa shape index (κ2) is 4.20. The van der Waals surface area contributed by atoms with Crippen molar-refractivity contribution in [3.63, 3.8) is 0 Å². The van der Waals surface area contributed by atoms with E-state index in [2.05, 4.69) is 6.08 Å². The Morgan fingerprint density at radius 2 is 1.64 bits per heavy atom. The van der Waals surface area contributed by atoms with Crippen molar-refractivity contribution in [2.24, 2.45) is 0 Å². The maximum atomic E-state index is 5.99. The molecular weight excluding hydrogens is 215 g/mol. The van der Waals surface area contributed by atoms with Gasteiger partial charge in [-0.15, -0.1) is 0 Å². The highest BCUT2D eigenvalue weighted by atomic mass is 35.5. The molecular formula is C12H10Cl2. The summed E-state index contributed by atoms with van der Waals surface area (Å²) in [7, 11) is 0. The Hall–Kier alpha value is -0.720. The maximum absolute atomic E-state index is 5.99. The SMILES string of the molecule is ClC1=CCC=C(c2ccc(Cl)cc2)C1. The Balaban J connectivity index is 2.24. The van der Waals surface area contributed by atoms with E-state index in [1.54, 1.807) is 0 Å². The van der Waals surface area contributed by atoms with Crippen molar-refractivity contribution in [3.05, 3.63) is 52.0 Å². The van der Waals surface area contributed by atoms with Gasteiger partial charge in [-0.05, 0) is 29.7 Å². The van der Waals surface area contributed by atoms with E-state index >= 15 is 0 Å². The van der Waals surface area contributed by atoms with Crippen molar-refractivity contribution >= 4 is 28.8 Å². The summed E-state index contributed by atoms with van der Waals surface area (Å²) < 4.78 is 0. The lowest BCUT2D eigenvalue weighted by molar-refractivity contribution is 1.22. The first-order valence-corrected chi connectivity index (χ1v) is 5.31. The summed E-state index contributed by atoms with van der Waals surface area (Å²) in [6.45, 7) is 0. The molecule has 0 fully saturated rings. The van der Waals surface area contributed by atoms with Crippen LogP contribution in [0.25, 0.3) is 5.57 Å². The molecule has 0 unspecified atom stereocenters. The van der Waals surface area contributed by atoms with Crippen molar-refractivity contribution < 1.29 is 0 Å². The van der Waals surface area contributed by atoms with Crippen LogP contribution in [0.15, 0.2) is 41.4 Å². The first-order valence-electron chi connectivity index (χ1n) is 4.55. The molecule has 0 saturated heterocycles. The summed E-state index contributed by atoms with van der Waals surface area (Å²) in [5.41, 5.74) is 2.50. The molecule has 72 valence electrons. The highest BCUT2D eigenvalue weighted by Gasteiger charge is 2.06.